The second-order valence-electron chi connectivity index (χ2n) is 2.27. The molecule has 0 spiro atoms. The van der Waals surface area contributed by atoms with E-state index in [0.717, 1.165) is 26.1 Å². The van der Waals surface area contributed by atoms with Gasteiger partial charge in [-0.25, -0.2) is 0 Å². The molecule has 2 nitrogen and oxygen atoms in total. The van der Waals surface area contributed by atoms with Gasteiger partial charge in [0.2, 0.25) is 0 Å². The Morgan fingerprint density at radius 2 is 1.64 bits per heavy atom. The lowest BCUT2D eigenvalue weighted by Crippen LogP contribution is -2.05. The molecule has 0 bridgehead atoms. The van der Waals surface area contributed by atoms with E-state index in [0.29, 0.717) is 19.1 Å². The maximum absolute atomic E-state index is 5.45. The van der Waals surface area contributed by atoms with Crippen LogP contribution in [0.25, 0.3) is 0 Å². The molecule has 0 aliphatic carbocycles. The van der Waals surface area contributed by atoms with Crippen molar-refractivity contribution in [1.29, 1.82) is 0 Å². The van der Waals surface area contributed by atoms with Crippen LogP contribution in [0.15, 0.2) is 0 Å². The Morgan fingerprint density at radius 1 is 1.00 bits per heavy atom. The first-order valence-electron chi connectivity index (χ1n) is 4.13. The van der Waals surface area contributed by atoms with Crippen LogP contribution in [0.4, 0.5) is 0 Å². The van der Waals surface area contributed by atoms with Crippen LogP contribution in [-0.2, 0) is 9.47 Å². The maximum Gasteiger partial charge on any atom is 0.0700 e. The number of alkyl halides is 1. The quantitative estimate of drug-likeness (QED) is 0.421. The van der Waals surface area contributed by atoms with Crippen molar-refractivity contribution in [3.05, 3.63) is 0 Å². The van der Waals surface area contributed by atoms with Crippen LogP contribution in [-0.4, -0.2) is 32.3 Å². The van der Waals surface area contributed by atoms with Crippen LogP contribution < -0.4 is 0 Å². The minimum absolute atomic E-state index is 0.676. The first-order valence-corrected chi connectivity index (χ1v) is 4.66. The first kappa shape index (κ1) is 11.2. The van der Waals surface area contributed by atoms with Gasteiger partial charge >= 0.3 is 0 Å². The van der Waals surface area contributed by atoms with Crippen molar-refractivity contribution in [2.24, 2.45) is 0 Å². The lowest BCUT2D eigenvalue weighted by atomic mass is 10.5. The second-order valence-corrected chi connectivity index (χ2v) is 2.65. The van der Waals surface area contributed by atoms with Crippen LogP contribution >= 0.6 is 11.6 Å². The number of ether oxygens (including phenoxy) is 2. The third-order valence-corrected chi connectivity index (χ3v) is 1.41. The van der Waals surface area contributed by atoms with Gasteiger partial charge in [-0.1, -0.05) is 6.92 Å². The summed E-state index contributed by atoms with van der Waals surface area (Å²) in [6.07, 6.45) is 2.00. The van der Waals surface area contributed by atoms with E-state index in [4.69, 9.17) is 21.1 Å². The molecule has 0 aromatic rings. The summed E-state index contributed by atoms with van der Waals surface area (Å²) in [6.45, 7) is 5.07. The summed E-state index contributed by atoms with van der Waals surface area (Å²) < 4.78 is 10.4. The predicted molar refractivity (Wildman–Crippen MR) is 47.3 cm³/mol. The van der Waals surface area contributed by atoms with Crippen molar-refractivity contribution >= 4 is 11.6 Å². The Balaban J connectivity index is 2.69. The highest BCUT2D eigenvalue weighted by molar-refractivity contribution is 6.17. The topological polar surface area (TPSA) is 18.5 Å². The predicted octanol–water partition coefficient (Wildman–Crippen LogP) is 2.06. The summed E-state index contributed by atoms with van der Waals surface area (Å²) in [6, 6.07) is 0. The molecule has 0 aromatic carbocycles. The van der Waals surface area contributed by atoms with Crippen LogP contribution in [0.3, 0.4) is 0 Å². The molecule has 0 saturated heterocycles. The summed E-state index contributed by atoms with van der Waals surface area (Å²) in [4.78, 5) is 0. The Bertz CT molecular complexity index is 61.1. The molecule has 68 valence electrons. The molecule has 0 fully saturated rings. The highest BCUT2D eigenvalue weighted by atomic mass is 35.5. The number of hydrogen-bond donors (Lipinski definition) is 0. The third-order valence-electron chi connectivity index (χ3n) is 1.14. The number of rotatable bonds is 8. The van der Waals surface area contributed by atoms with E-state index in [1.807, 2.05) is 0 Å². The van der Waals surface area contributed by atoms with E-state index in [9.17, 15) is 0 Å². The average Bonchev–Trinajstić information content (AvgIpc) is 2.03. The van der Waals surface area contributed by atoms with Gasteiger partial charge in [0.05, 0.1) is 13.2 Å². The van der Waals surface area contributed by atoms with Gasteiger partial charge < -0.3 is 9.47 Å². The van der Waals surface area contributed by atoms with E-state index >= 15 is 0 Å². The summed E-state index contributed by atoms with van der Waals surface area (Å²) in [5, 5.41) is 0. The molecule has 3 heteroatoms. The van der Waals surface area contributed by atoms with Gasteiger partial charge in [-0.3, -0.25) is 0 Å². The Hall–Kier alpha value is 0.210. The fraction of sp³-hybridized carbons (Fsp3) is 1.00. The molecule has 0 aromatic heterocycles. The van der Waals surface area contributed by atoms with E-state index in [1.54, 1.807) is 0 Å². The second kappa shape index (κ2) is 10.2. The average molecular weight is 181 g/mol. The standard InChI is InChI=1S/C8H17ClO2/c1-2-5-10-7-8-11-6-3-4-9/h2-8H2,1H3. The number of halogens is 1. The van der Waals surface area contributed by atoms with Crippen LogP contribution in [0.2, 0.25) is 0 Å². The van der Waals surface area contributed by atoms with Gasteiger partial charge in [0.25, 0.3) is 0 Å². The largest absolute Gasteiger partial charge is 0.379 e. The Kier molecular flexibility index (Phi) is 10.4. The number of hydrogen-bond acceptors (Lipinski definition) is 2. The molecule has 0 saturated carbocycles. The zero-order valence-corrected chi connectivity index (χ0v) is 7.90. The summed E-state index contributed by atoms with van der Waals surface area (Å²) >= 11 is 5.45. The van der Waals surface area contributed by atoms with E-state index in [1.165, 1.54) is 0 Å². The molecular formula is C8H17ClO2. The zero-order valence-electron chi connectivity index (χ0n) is 7.14. The van der Waals surface area contributed by atoms with Gasteiger partial charge in [0.15, 0.2) is 0 Å². The molecule has 11 heavy (non-hydrogen) atoms. The molecule has 0 unspecified atom stereocenters. The fourth-order valence-electron chi connectivity index (χ4n) is 0.623. The van der Waals surface area contributed by atoms with Crippen molar-refractivity contribution in [2.45, 2.75) is 19.8 Å². The van der Waals surface area contributed by atoms with E-state index in [-0.39, 0.29) is 0 Å². The maximum atomic E-state index is 5.45. The molecule has 0 radical (unpaired) electrons. The summed E-state index contributed by atoms with van der Waals surface area (Å²) in [5.74, 6) is 0.676. The molecule has 0 N–H and O–H groups in total. The molecule has 0 aliphatic heterocycles. The Morgan fingerprint density at radius 3 is 2.18 bits per heavy atom. The monoisotopic (exact) mass is 180 g/mol. The van der Waals surface area contributed by atoms with Gasteiger partial charge in [0.1, 0.15) is 0 Å². The normalized spacial score (nSPS) is 10.4. The highest BCUT2D eigenvalue weighted by Crippen LogP contribution is 1.86. The molecule has 0 rings (SSSR count). The lowest BCUT2D eigenvalue weighted by Gasteiger charge is -2.02. The van der Waals surface area contributed by atoms with Gasteiger partial charge in [0, 0.05) is 19.1 Å². The SMILES string of the molecule is CCCOCCOCCCCl. The van der Waals surface area contributed by atoms with E-state index < -0.39 is 0 Å². The van der Waals surface area contributed by atoms with Gasteiger partial charge in [-0.2, -0.15) is 0 Å². The van der Waals surface area contributed by atoms with Crippen molar-refractivity contribution in [1.82, 2.24) is 0 Å². The minimum Gasteiger partial charge on any atom is -0.379 e. The van der Waals surface area contributed by atoms with Crippen LogP contribution in [0, 0.1) is 0 Å². The van der Waals surface area contributed by atoms with Gasteiger partial charge in [-0.15, -0.1) is 11.6 Å². The van der Waals surface area contributed by atoms with Crippen molar-refractivity contribution in [3.8, 4) is 0 Å². The molecule has 0 heterocycles. The molecule has 0 aliphatic rings. The minimum atomic E-state index is 0.676. The summed E-state index contributed by atoms with van der Waals surface area (Å²) in [5.41, 5.74) is 0. The van der Waals surface area contributed by atoms with Crippen molar-refractivity contribution in [3.63, 3.8) is 0 Å². The third kappa shape index (κ3) is 10.2. The lowest BCUT2D eigenvalue weighted by molar-refractivity contribution is 0.0484. The van der Waals surface area contributed by atoms with Crippen LogP contribution in [0.5, 0.6) is 0 Å². The zero-order chi connectivity index (χ0) is 8.36. The first-order chi connectivity index (χ1) is 5.41. The molecule has 0 atom stereocenters. The molecular weight excluding hydrogens is 164 g/mol. The van der Waals surface area contributed by atoms with Crippen molar-refractivity contribution in [2.75, 3.05) is 32.3 Å². The Labute approximate surface area is 73.8 Å². The fourth-order valence-corrected chi connectivity index (χ4v) is 0.732. The molecule has 0 amide bonds. The van der Waals surface area contributed by atoms with Crippen LogP contribution in [0.1, 0.15) is 19.8 Å². The summed E-state index contributed by atoms with van der Waals surface area (Å²) in [7, 11) is 0. The smallest absolute Gasteiger partial charge is 0.0700 e. The highest BCUT2D eigenvalue weighted by Gasteiger charge is 1.87. The van der Waals surface area contributed by atoms with E-state index in [2.05, 4.69) is 6.92 Å². The van der Waals surface area contributed by atoms with Gasteiger partial charge in [-0.05, 0) is 12.8 Å². The van der Waals surface area contributed by atoms with Crippen molar-refractivity contribution < 1.29 is 9.47 Å².